The molecule has 3 rings (SSSR count). The van der Waals surface area contributed by atoms with Gasteiger partial charge in [0.15, 0.2) is 0 Å². The second-order valence-electron chi connectivity index (χ2n) is 6.51. The third-order valence-corrected chi connectivity index (χ3v) is 4.98. The first-order chi connectivity index (χ1) is 12.4. The zero-order valence-corrected chi connectivity index (χ0v) is 16.5. The highest BCUT2D eigenvalue weighted by Crippen LogP contribution is 2.27. The summed E-state index contributed by atoms with van der Waals surface area (Å²) in [5.41, 5.74) is 3.58. The van der Waals surface area contributed by atoms with Crippen molar-refractivity contribution in [1.29, 1.82) is 0 Å². The van der Waals surface area contributed by atoms with Gasteiger partial charge in [0.25, 0.3) is 0 Å². The number of hydrogen-bond acceptors (Lipinski definition) is 3. The standard InChI is InChI=1S/C20H22BrN3O2/c1-13-12-17(9-10-18(13)24-11-3-4-19(24)25)22-14(2)20(26)23-16-7-5-15(21)6-8-16/h5-10,12,14,22H,3-4,11H2,1-2H3,(H,23,26)/t14-/m1/s1. The van der Waals surface area contributed by atoms with Crippen LogP contribution in [0.4, 0.5) is 17.1 Å². The molecule has 0 aliphatic carbocycles. The van der Waals surface area contributed by atoms with Crippen LogP contribution in [0.2, 0.25) is 0 Å². The predicted octanol–water partition coefficient (Wildman–Crippen LogP) is 4.32. The van der Waals surface area contributed by atoms with Gasteiger partial charge in [-0.1, -0.05) is 15.9 Å². The van der Waals surface area contributed by atoms with E-state index in [1.54, 1.807) is 0 Å². The van der Waals surface area contributed by atoms with Crippen LogP contribution < -0.4 is 15.5 Å². The molecule has 1 fully saturated rings. The lowest BCUT2D eigenvalue weighted by Crippen LogP contribution is -2.32. The Labute approximate surface area is 161 Å². The van der Waals surface area contributed by atoms with Gasteiger partial charge in [-0.25, -0.2) is 0 Å². The molecule has 0 bridgehead atoms. The van der Waals surface area contributed by atoms with Crippen molar-refractivity contribution in [2.24, 2.45) is 0 Å². The lowest BCUT2D eigenvalue weighted by Gasteiger charge is -2.20. The lowest BCUT2D eigenvalue weighted by atomic mass is 10.1. The number of nitrogens with zero attached hydrogens (tertiary/aromatic N) is 1. The number of aryl methyl sites for hydroxylation is 1. The van der Waals surface area contributed by atoms with E-state index < -0.39 is 6.04 Å². The zero-order chi connectivity index (χ0) is 18.7. The third kappa shape index (κ3) is 4.25. The van der Waals surface area contributed by atoms with E-state index in [-0.39, 0.29) is 11.8 Å². The first-order valence-electron chi connectivity index (χ1n) is 8.68. The Kier molecular flexibility index (Phi) is 5.61. The van der Waals surface area contributed by atoms with Crippen molar-refractivity contribution in [2.75, 3.05) is 22.1 Å². The number of carbonyl (C=O) groups is 2. The van der Waals surface area contributed by atoms with Gasteiger partial charge in [0, 0.05) is 34.5 Å². The predicted molar refractivity (Wildman–Crippen MR) is 109 cm³/mol. The summed E-state index contributed by atoms with van der Waals surface area (Å²) in [6.07, 6.45) is 1.53. The van der Waals surface area contributed by atoms with Gasteiger partial charge in [-0.2, -0.15) is 0 Å². The van der Waals surface area contributed by atoms with Crippen LogP contribution in [0.3, 0.4) is 0 Å². The van der Waals surface area contributed by atoms with Gasteiger partial charge in [-0.15, -0.1) is 0 Å². The van der Waals surface area contributed by atoms with E-state index in [1.807, 2.05) is 61.2 Å². The number of nitrogens with one attached hydrogen (secondary N) is 2. The first-order valence-corrected chi connectivity index (χ1v) is 9.47. The monoisotopic (exact) mass is 415 g/mol. The number of halogens is 1. The maximum atomic E-state index is 12.4. The molecule has 5 nitrogen and oxygen atoms in total. The summed E-state index contributed by atoms with van der Waals surface area (Å²) in [4.78, 5) is 26.1. The van der Waals surface area contributed by atoms with E-state index in [4.69, 9.17) is 0 Å². The molecule has 1 saturated heterocycles. The van der Waals surface area contributed by atoms with E-state index in [1.165, 1.54) is 0 Å². The van der Waals surface area contributed by atoms with Gasteiger partial charge in [-0.05, 0) is 68.3 Å². The molecule has 2 N–H and O–H groups in total. The molecule has 0 unspecified atom stereocenters. The van der Waals surface area contributed by atoms with Crippen LogP contribution in [-0.2, 0) is 9.59 Å². The van der Waals surface area contributed by atoms with E-state index in [0.717, 1.165) is 40.1 Å². The summed E-state index contributed by atoms with van der Waals surface area (Å²) in [6.45, 7) is 4.58. The van der Waals surface area contributed by atoms with Crippen LogP contribution in [-0.4, -0.2) is 24.4 Å². The number of amides is 2. The summed E-state index contributed by atoms with van der Waals surface area (Å²) in [5, 5.41) is 6.11. The molecule has 6 heteroatoms. The zero-order valence-electron chi connectivity index (χ0n) is 14.9. The van der Waals surface area contributed by atoms with Crippen LogP contribution in [0.15, 0.2) is 46.9 Å². The minimum absolute atomic E-state index is 0.108. The molecule has 0 aromatic heterocycles. The molecule has 2 amide bonds. The Bertz CT molecular complexity index is 820. The summed E-state index contributed by atoms with van der Waals surface area (Å²) < 4.78 is 0.966. The van der Waals surface area contributed by atoms with Crippen molar-refractivity contribution in [1.82, 2.24) is 0 Å². The normalized spacial score (nSPS) is 15.0. The first kappa shape index (κ1) is 18.5. The van der Waals surface area contributed by atoms with Crippen molar-refractivity contribution in [3.8, 4) is 0 Å². The summed E-state index contributed by atoms with van der Waals surface area (Å²) in [5.74, 6) is 0.0693. The van der Waals surface area contributed by atoms with Crippen LogP contribution in [0.1, 0.15) is 25.3 Å². The van der Waals surface area contributed by atoms with E-state index in [0.29, 0.717) is 6.42 Å². The second-order valence-corrected chi connectivity index (χ2v) is 7.43. The fraction of sp³-hybridized carbons (Fsp3) is 0.300. The largest absolute Gasteiger partial charge is 0.374 e. The Morgan fingerprint density at radius 3 is 2.46 bits per heavy atom. The van der Waals surface area contributed by atoms with Gasteiger partial charge < -0.3 is 15.5 Å². The van der Waals surface area contributed by atoms with Crippen molar-refractivity contribution in [3.63, 3.8) is 0 Å². The quantitative estimate of drug-likeness (QED) is 0.763. The van der Waals surface area contributed by atoms with Gasteiger partial charge in [0.1, 0.15) is 6.04 Å². The number of benzene rings is 2. The van der Waals surface area contributed by atoms with Crippen LogP contribution in [0.5, 0.6) is 0 Å². The number of carbonyl (C=O) groups excluding carboxylic acids is 2. The van der Waals surface area contributed by atoms with Gasteiger partial charge in [0.05, 0.1) is 0 Å². The third-order valence-electron chi connectivity index (χ3n) is 4.45. The maximum Gasteiger partial charge on any atom is 0.246 e. The van der Waals surface area contributed by atoms with Crippen LogP contribution in [0.25, 0.3) is 0 Å². The van der Waals surface area contributed by atoms with Crippen molar-refractivity contribution < 1.29 is 9.59 Å². The SMILES string of the molecule is Cc1cc(N[C@H](C)C(=O)Nc2ccc(Br)cc2)ccc1N1CCCC1=O. The Balaban J connectivity index is 1.64. The Morgan fingerprint density at radius 1 is 1.15 bits per heavy atom. The minimum atomic E-state index is -0.391. The molecule has 26 heavy (non-hydrogen) atoms. The Morgan fingerprint density at radius 2 is 1.85 bits per heavy atom. The molecular weight excluding hydrogens is 394 g/mol. The smallest absolute Gasteiger partial charge is 0.246 e. The van der Waals surface area contributed by atoms with Crippen molar-refractivity contribution in [2.45, 2.75) is 32.7 Å². The topological polar surface area (TPSA) is 61.4 Å². The Hall–Kier alpha value is -2.34. The molecule has 1 aliphatic rings. The van der Waals surface area contributed by atoms with Crippen molar-refractivity contribution >= 4 is 44.8 Å². The number of rotatable bonds is 5. The average Bonchev–Trinajstić information content (AvgIpc) is 3.03. The highest BCUT2D eigenvalue weighted by Gasteiger charge is 2.23. The molecule has 0 spiro atoms. The fourth-order valence-electron chi connectivity index (χ4n) is 3.05. The molecular formula is C20H22BrN3O2. The lowest BCUT2D eigenvalue weighted by molar-refractivity contribution is -0.117. The van der Waals surface area contributed by atoms with E-state index in [9.17, 15) is 9.59 Å². The summed E-state index contributed by atoms with van der Waals surface area (Å²) >= 11 is 3.38. The molecule has 0 radical (unpaired) electrons. The minimum Gasteiger partial charge on any atom is -0.374 e. The molecule has 1 heterocycles. The maximum absolute atomic E-state index is 12.4. The molecule has 1 atom stereocenters. The van der Waals surface area contributed by atoms with Crippen LogP contribution >= 0.6 is 15.9 Å². The highest BCUT2D eigenvalue weighted by molar-refractivity contribution is 9.10. The second kappa shape index (κ2) is 7.91. The summed E-state index contributed by atoms with van der Waals surface area (Å²) in [6, 6.07) is 12.9. The van der Waals surface area contributed by atoms with E-state index in [2.05, 4.69) is 26.6 Å². The van der Waals surface area contributed by atoms with Gasteiger partial charge in [-0.3, -0.25) is 9.59 Å². The molecule has 136 valence electrons. The van der Waals surface area contributed by atoms with E-state index >= 15 is 0 Å². The molecule has 1 aliphatic heterocycles. The molecule has 2 aromatic rings. The fourth-order valence-corrected chi connectivity index (χ4v) is 3.31. The van der Waals surface area contributed by atoms with Gasteiger partial charge in [0.2, 0.25) is 11.8 Å². The molecule has 0 saturated carbocycles. The number of hydrogen-bond donors (Lipinski definition) is 2. The average molecular weight is 416 g/mol. The van der Waals surface area contributed by atoms with Crippen LogP contribution in [0, 0.1) is 6.92 Å². The molecule has 2 aromatic carbocycles. The number of anilines is 3. The van der Waals surface area contributed by atoms with Gasteiger partial charge >= 0.3 is 0 Å². The van der Waals surface area contributed by atoms with Crippen molar-refractivity contribution in [3.05, 3.63) is 52.5 Å². The summed E-state index contributed by atoms with van der Waals surface area (Å²) in [7, 11) is 0. The highest BCUT2D eigenvalue weighted by atomic mass is 79.9.